The molecule has 0 bridgehead atoms. The molecule has 4 aromatic rings. The molecule has 0 aliphatic carbocycles. The number of halogens is 3. The number of aliphatic hydroxyl groups is 1. The maximum Gasteiger partial charge on any atom is 0.433 e. The largest absolute Gasteiger partial charge is 0.497 e. The summed E-state index contributed by atoms with van der Waals surface area (Å²) in [5.74, 6) is 0.127. The van der Waals surface area contributed by atoms with E-state index in [9.17, 15) is 23.1 Å². The van der Waals surface area contributed by atoms with E-state index in [4.69, 9.17) is 4.74 Å². The smallest absolute Gasteiger partial charge is 0.433 e. The van der Waals surface area contributed by atoms with E-state index in [2.05, 4.69) is 15.0 Å². The standard InChI is InChI=1S/C28H28F3N5O3/c1-18-24(20-8-10-21(39-2)11-9-20)33-26-22(16-32-36(26)25(18)28(29,30)31)27(38)35-14-12-34(13-15-35)17-23(37)19-6-4-3-5-7-19/h3-11,16,23,37H,12-15,17H2,1-2H3/t23-/m0/s1. The Morgan fingerprint density at radius 3 is 2.33 bits per heavy atom. The molecule has 39 heavy (non-hydrogen) atoms. The number of β-amino-alcohol motifs (C(OH)–C–C–N with tert-alkyl or cyclic N) is 1. The summed E-state index contributed by atoms with van der Waals surface area (Å²) >= 11 is 0. The molecule has 2 aromatic heterocycles. The summed E-state index contributed by atoms with van der Waals surface area (Å²) in [5, 5.41) is 14.5. The van der Waals surface area contributed by atoms with Gasteiger partial charge in [-0.3, -0.25) is 9.69 Å². The number of nitrogens with zero attached hydrogens (tertiary/aromatic N) is 5. The number of rotatable bonds is 6. The van der Waals surface area contributed by atoms with E-state index >= 15 is 0 Å². The first-order chi connectivity index (χ1) is 18.7. The molecule has 1 aliphatic rings. The molecule has 11 heteroatoms. The molecule has 204 valence electrons. The lowest BCUT2D eigenvalue weighted by Crippen LogP contribution is -2.49. The number of carbonyl (C=O) groups is 1. The topological polar surface area (TPSA) is 83.2 Å². The monoisotopic (exact) mass is 539 g/mol. The zero-order valence-electron chi connectivity index (χ0n) is 21.5. The summed E-state index contributed by atoms with van der Waals surface area (Å²) in [5.41, 5.74) is 0.193. The van der Waals surface area contributed by atoms with Crippen molar-refractivity contribution in [3.05, 3.63) is 83.2 Å². The van der Waals surface area contributed by atoms with Crippen molar-refractivity contribution in [1.82, 2.24) is 24.4 Å². The summed E-state index contributed by atoms with van der Waals surface area (Å²) in [4.78, 5) is 21.6. The van der Waals surface area contributed by atoms with Gasteiger partial charge in [0.2, 0.25) is 0 Å². The molecule has 3 heterocycles. The third-order valence-corrected chi connectivity index (χ3v) is 7.02. The SMILES string of the molecule is COc1ccc(-c2nc3c(C(=O)N4CCN(C[C@H](O)c5ccccc5)CC4)cnn3c(C(F)(F)F)c2C)cc1. The van der Waals surface area contributed by atoms with Gasteiger partial charge >= 0.3 is 6.18 Å². The van der Waals surface area contributed by atoms with E-state index in [-0.39, 0.29) is 22.5 Å². The van der Waals surface area contributed by atoms with Crippen LogP contribution in [0.1, 0.15) is 33.3 Å². The fourth-order valence-electron chi connectivity index (χ4n) is 4.92. The van der Waals surface area contributed by atoms with Crippen LogP contribution in [0.25, 0.3) is 16.9 Å². The first kappa shape index (κ1) is 26.6. The van der Waals surface area contributed by atoms with Crippen LogP contribution < -0.4 is 4.74 Å². The minimum atomic E-state index is -4.72. The van der Waals surface area contributed by atoms with Crippen LogP contribution >= 0.6 is 0 Å². The third kappa shape index (κ3) is 5.32. The molecule has 1 fully saturated rings. The molecular weight excluding hydrogens is 511 g/mol. The van der Waals surface area contributed by atoms with Gasteiger partial charge in [0.15, 0.2) is 11.3 Å². The van der Waals surface area contributed by atoms with Crippen molar-refractivity contribution in [2.24, 2.45) is 0 Å². The van der Waals surface area contributed by atoms with E-state index in [0.717, 1.165) is 11.8 Å². The van der Waals surface area contributed by atoms with Crippen molar-refractivity contribution >= 4 is 11.6 Å². The Kier molecular flexibility index (Phi) is 7.28. The Bertz CT molecular complexity index is 1460. The average molecular weight is 540 g/mol. The van der Waals surface area contributed by atoms with Crippen LogP contribution in [0.5, 0.6) is 5.75 Å². The number of amides is 1. The second kappa shape index (κ2) is 10.7. The highest BCUT2D eigenvalue weighted by Crippen LogP contribution is 2.37. The highest BCUT2D eigenvalue weighted by molar-refractivity contribution is 6.00. The van der Waals surface area contributed by atoms with Crippen molar-refractivity contribution in [1.29, 1.82) is 0 Å². The zero-order chi connectivity index (χ0) is 27.7. The summed E-state index contributed by atoms with van der Waals surface area (Å²) < 4.78 is 48.5. The number of hydrogen-bond acceptors (Lipinski definition) is 6. The van der Waals surface area contributed by atoms with Crippen molar-refractivity contribution in [2.75, 3.05) is 39.8 Å². The number of methoxy groups -OCH3 is 1. The molecule has 0 spiro atoms. The lowest BCUT2D eigenvalue weighted by atomic mass is 10.0. The predicted octanol–water partition coefficient (Wildman–Crippen LogP) is 4.22. The number of benzene rings is 2. The first-order valence-electron chi connectivity index (χ1n) is 12.5. The van der Waals surface area contributed by atoms with Gasteiger partial charge in [0.05, 0.1) is 25.1 Å². The molecule has 1 saturated heterocycles. The van der Waals surface area contributed by atoms with Crippen LogP contribution in [0.15, 0.2) is 60.8 Å². The number of alkyl halides is 3. The van der Waals surface area contributed by atoms with Crippen LogP contribution in [0.3, 0.4) is 0 Å². The van der Waals surface area contributed by atoms with Gasteiger partial charge in [0.1, 0.15) is 11.3 Å². The van der Waals surface area contributed by atoms with Crippen molar-refractivity contribution < 1.29 is 27.8 Å². The van der Waals surface area contributed by atoms with E-state index in [1.165, 1.54) is 14.0 Å². The van der Waals surface area contributed by atoms with Crippen LogP contribution in [-0.2, 0) is 6.18 Å². The molecule has 2 aromatic carbocycles. The van der Waals surface area contributed by atoms with Crippen molar-refractivity contribution in [2.45, 2.75) is 19.2 Å². The molecule has 8 nitrogen and oxygen atoms in total. The third-order valence-electron chi connectivity index (χ3n) is 7.02. The zero-order valence-corrected chi connectivity index (χ0v) is 21.5. The molecule has 0 saturated carbocycles. The van der Waals surface area contributed by atoms with E-state index in [1.807, 2.05) is 30.3 Å². The number of carbonyl (C=O) groups excluding carboxylic acids is 1. The van der Waals surface area contributed by atoms with Crippen molar-refractivity contribution in [3.63, 3.8) is 0 Å². The maximum atomic E-state index is 14.2. The minimum absolute atomic E-state index is 0.00744. The van der Waals surface area contributed by atoms with Gasteiger partial charge in [-0.15, -0.1) is 0 Å². The van der Waals surface area contributed by atoms with Gasteiger partial charge in [-0.2, -0.15) is 18.3 Å². The van der Waals surface area contributed by atoms with Gasteiger partial charge in [0, 0.05) is 43.9 Å². The fraction of sp³-hybridized carbons (Fsp3) is 0.321. The molecule has 1 aliphatic heterocycles. The van der Waals surface area contributed by atoms with Crippen LogP contribution in [0, 0.1) is 6.92 Å². The minimum Gasteiger partial charge on any atom is -0.497 e. The van der Waals surface area contributed by atoms with Gasteiger partial charge in [-0.25, -0.2) is 9.50 Å². The van der Waals surface area contributed by atoms with E-state index < -0.39 is 23.9 Å². The average Bonchev–Trinajstić information content (AvgIpc) is 3.35. The molecular formula is C28H28F3N5O3. The second-order valence-corrected chi connectivity index (χ2v) is 9.47. The number of fused-ring (bicyclic) bond motifs is 1. The predicted molar refractivity (Wildman–Crippen MR) is 138 cm³/mol. The van der Waals surface area contributed by atoms with E-state index in [1.54, 1.807) is 29.2 Å². The summed E-state index contributed by atoms with van der Waals surface area (Å²) in [6, 6.07) is 15.9. The number of aromatic nitrogens is 3. The van der Waals surface area contributed by atoms with Gasteiger partial charge < -0.3 is 14.7 Å². The molecule has 1 amide bonds. The number of hydrogen-bond donors (Lipinski definition) is 1. The van der Waals surface area contributed by atoms with Gasteiger partial charge in [-0.1, -0.05) is 30.3 Å². The summed E-state index contributed by atoms with van der Waals surface area (Å²) in [7, 11) is 1.50. The quantitative estimate of drug-likeness (QED) is 0.395. The Morgan fingerprint density at radius 2 is 1.72 bits per heavy atom. The van der Waals surface area contributed by atoms with Crippen LogP contribution in [-0.4, -0.2) is 75.2 Å². The number of piperazine rings is 1. The van der Waals surface area contributed by atoms with Crippen molar-refractivity contribution in [3.8, 4) is 17.0 Å². The normalized spacial score (nSPS) is 15.5. The number of aliphatic hydroxyl groups excluding tert-OH is 1. The lowest BCUT2D eigenvalue weighted by molar-refractivity contribution is -0.143. The highest BCUT2D eigenvalue weighted by atomic mass is 19.4. The van der Waals surface area contributed by atoms with Gasteiger partial charge in [-0.05, 0) is 36.8 Å². The first-order valence-corrected chi connectivity index (χ1v) is 12.5. The van der Waals surface area contributed by atoms with Crippen LogP contribution in [0.4, 0.5) is 13.2 Å². The summed E-state index contributed by atoms with van der Waals surface area (Å²) in [6.45, 7) is 3.53. The Balaban J connectivity index is 1.41. The highest BCUT2D eigenvalue weighted by Gasteiger charge is 2.39. The van der Waals surface area contributed by atoms with Crippen LogP contribution in [0.2, 0.25) is 0 Å². The van der Waals surface area contributed by atoms with E-state index in [0.29, 0.717) is 48.6 Å². The molecule has 1 N–H and O–H groups in total. The Hall–Kier alpha value is -3.96. The molecule has 1 atom stereocenters. The Labute approximate surface area is 223 Å². The maximum absolute atomic E-state index is 14.2. The molecule has 0 unspecified atom stereocenters. The summed E-state index contributed by atoms with van der Waals surface area (Å²) in [6.07, 6.45) is -4.22. The fourth-order valence-corrected chi connectivity index (χ4v) is 4.92. The number of ether oxygens (including phenoxy) is 1. The second-order valence-electron chi connectivity index (χ2n) is 9.47. The molecule has 0 radical (unpaired) electrons. The lowest BCUT2D eigenvalue weighted by Gasteiger charge is -2.35. The molecule has 5 rings (SSSR count). The Morgan fingerprint density at radius 1 is 1.05 bits per heavy atom. The van der Waals surface area contributed by atoms with Gasteiger partial charge in [0.25, 0.3) is 5.91 Å².